The molecule has 0 spiro atoms. The van der Waals surface area contributed by atoms with Crippen molar-refractivity contribution in [3.05, 3.63) is 0 Å². The Hall–Kier alpha value is -0.120. The lowest BCUT2D eigenvalue weighted by Gasteiger charge is -2.27. The normalized spacial score (nSPS) is 34.2. The number of methoxy groups -OCH3 is 1. The van der Waals surface area contributed by atoms with Crippen LogP contribution in [0.4, 0.5) is 0 Å². The van der Waals surface area contributed by atoms with Gasteiger partial charge in [0, 0.05) is 7.11 Å². The largest absolute Gasteiger partial charge is 0.391 e. The summed E-state index contributed by atoms with van der Waals surface area (Å²) >= 11 is 0. The average Bonchev–Trinajstić information content (AvgIpc) is 1.94. The summed E-state index contributed by atoms with van der Waals surface area (Å²) in [5.41, 5.74) is 0. The van der Waals surface area contributed by atoms with E-state index in [1.165, 1.54) is 0 Å². The minimum atomic E-state index is -0.214. The Morgan fingerprint density at radius 1 is 1.70 bits per heavy atom. The van der Waals surface area contributed by atoms with Crippen molar-refractivity contribution in [3.63, 3.8) is 0 Å². The summed E-state index contributed by atoms with van der Waals surface area (Å²) in [6.07, 6.45) is 1.76. The van der Waals surface area contributed by atoms with E-state index in [0.29, 0.717) is 6.61 Å². The first-order valence-corrected chi connectivity index (χ1v) is 3.75. The molecule has 1 rings (SSSR count). The summed E-state index contributed by atoms with van der Waals surface area (Å²) < 4.78 is 4.93. The highest BCUT2D eigenvalue weighted by Crippen LogP contribution is 2.07. The van der Waals surface area contributed by atoms with Gasteiger partial charge in [0.25, 0.3) is 0 Å². The molecule has 2 unspecified atom stereocenters. The number of ether oxygens (including phenoxy) is 1. The lowest BCUT2D eigenvalue weighted by molar-refractivity contribution is 0.0489. The summed E-state index contributed by atoms with van der Waals surface area (Å²) in [4.78, 5) is 0. The van der Waals surface area contributed by atoms with Crippen LogP contribution in [0.15, 0.2) is 0 Å². The number of rotatable bonds is 2. The Balaban J connectivity index is 2.25. The van der Waals surface area contributed by atoms with Gasteiger partial charge in [0.2, 0.25) is 0 Å². The minimum absolute atomic E-state index is 0.152. The number of nitrogens with one attached hydrogen (secondary N) is 1. The van der Waals surface area contributed by atoms with Crippen LogP contribution < -0.4 is 5.32 Å². The molecule has 0 radical (unpaired) electrons. The molecule has 2 N–H and O–H groups in total. The van der Waals surface area contributed by atoms with Gasteiger partial charge in [-0.15, -0.1) is 0 Å². The van der Waals surface area contributed by atoms with Crippen molar-refractivity contribution in [1.29, 1.82) is 0 Å². The molecule has 0 aromatic carbocycles. The number of hydrogen-bond donors (Lipinski definition) is 2. The van der Waals surface area contributed by atoms with Crippen LogP contribution >= 0.6 is 0 Å². The van der Waals surface area contributed by atoms with E-state index in [1.807, 2.05) is 0 Å². The Bertz CT molecular complexity index is 95.6. The summed E-state index contributed by atoms with van der Waals surface area (Å²) in [6.45, 7) is 1.62. The summed E-state index contributed by atoms with van der Waals surface area (Å²) in [7, 11) is 1.66. The maximum atomic E-state index is 9.36. The Morgan fingerprint density at radius 3 is 3.10 bits per heavy atom. The molecule has 0 aromatic rings. The van der Waals surface area contributed by atoms with Gasteiger partial charge < -0.3 is 15.2 Å². The molecular weight excluding hydrogens is 130 g/mol. The first-order chi connectivity index (χ1) is 4.84. The van der Waals surface area contributed by atoms with Gasteiger partial charge in [-0.25, -0.2) is 0 Å². The van der Waals surface area contributed by atoms with E-state index < -0.39 is 0 Å². The van der Waals surface area contributed by atoms with E-state index in [4.69, 9.17) is 4.74 Å². The fraction of sp³-hybridized carbons (Fsp3) is 1.00. The molecule has 0 saturated carbocycles. The Morgan fingerprint density at radius 2 is 2.50 bits per heavy atom. The first-order valence-electron chi connectivity index (χ1n) is 3.75. The lowest BCUT2D eigenvalue weighted by Crippen LogP contribution is -2.47. The molecule has 1 fully saturated rings. The lowest BCUT2D eigenvalue weighted by atomic mass is 10.0. The van der Waals surface area contributed by atoms with Gasteiger partial charge in [-0.3, -0.25) is 0 Å². The third-order valence-corrected chi connectivity index (χ3v) is 1.89. The predicted molar refractivity (Wildman–Crippen MR) is 38.9 cm³/mol. The monoisotopic (exact) mass is 145 g/mol. The van der Waals surface area contributed by atoms with Gasteiger partial charge >= 0.3 is 0 Å². The van der Waals surface area contributed by atoms with Crippen LogP contribution in [0.25, 0.3) is 0 Å². The zero-order valence-corrected chi connectivity index (χ0v) is 6.34. The number of piperidine rings is 1. The molecular formula is C7H15NO2. The van der Waals surface area contributed by atoms with Crippen molar-refractivity contribution in [2.45, 2.75) is 25.0 Å². The maximum Gasteiger partial charge on any atom is 0.0716 e. The van der Waals surface area contributed by atoms with Crippen molar-refractivity contribution < 1.29 is 9.84 Å². The number of hydrogen-bond acceptors (Lipinski definition) is 3. The van der Waals surface area contributed by atoms with Gasteiger partial charge in [-0.05, 0) is 19.4 Å². The third-order valence-electron chi connectivity index (χ3n) is 1.89. The van der Waals surface area contributed by atoms with E-state index >= 15 is 0 Å². The molecule has 10 heavy (non-hydrogen) atoms. The second-order valence-electron chi connectivity index (χ2n) is 2.73. The first kappa shape index (κ1) is 7.98. The maximum absolute atomic E-state index is 9.36. The second kappa shape index (κ2) is 3.91. The molecule has 60 valence electrons. The fourth-order valence-corrected chi connectivity index (χ4v) is 1.29. The van der Waals surface area contributed by atoms with Crippen molar-refractivity contribution in [2.75, 3.05) is 20.3 Å². The minimum Gasteiger partial charge on any atom is -0.391 e. The number of aliphatic hydroxyl groups excluding tert-OH is 1. The van der Waals surface area contributed by atoms with Crippen LogP contribution in [0.3, 0.4) is 0 Å². The van der Waals surface area contributed by atoms with Gasteiger partial charge in [0.15, 0.2) is 0 Å². The SMILES string of the molecule is COCC1NCCCC1O. The zero-order valence-electron chi connectivity index (χ0n) is 6.34. The van der Waals surface area contributed by atoms with Crippen molar-refractivity contribution in [1.82, 2.24) is 5.32 Å². The highest BCUT2D eigenvalue weighted by molar-refractivity contribution is 4.79. The standard InChI is InChI=1S/C7H15NO2/c1-10-5-6-7(9)3-2-4-8-6/h6-9H,2-5H2,1H3. The van der Waals surface area contributed by atoms with Gasteiger partial charge in [0.1, 0.15) is 0 Å². The van der Waals surface area contributed by atoms with Crippen LogP contribution in [-0.2, 0) is 4.74 Å². The van der Waals surface area contributed by atoms with E-state index in [0.717, 1.165) is 19.4 Å². The molecule has 0 aromatic heterocycles. The quantitative estimate of drug-likeness (QED) is 0.563. The van der Waals surface area contributed by atoms with Crippen LogP contribution in [-0.4, -0.2) is 37.5 Å². The summed E-state index contributed by atoms with van der Waals surface area (Å²) in [6, 6.07) is 0.152. The van der Waals surface area contributed by atoms with Crippen LogP contribution in [0.1, 0.15) is 12.8 Å². The van der Waals surface area contributed by atoms with Gasteiger partial charge in [-0.1, -0.05) is 0 Å². The molecule has 3 nitrogen and oxygen atoms in total. The summed E-state index contributed by atoms with van der Waals surface area (Å²) in [5, 5.41) is 12.6. The summed E-state index contributed by atoms with van der Waals surface area (Å²) in [5.74, 6) is 0. The van der Waals surface area contributed by atoms with Crippen LogP contribution in [0, 0.1) is 0 Å². The van der Waals surface area contributed by atoms with Crippen molar-refractivity contribution >= 4 is 0 Å². The van der Waals surface area contributed by atoms with Crippen LogP contribution in [0.5, 0.6) is 0 Å². The molecule has 0 aliphatic carbocycles. The van der Waals surface area contributed by atoms with E-state index in [9.17, 15) is 5.11 Å². The smallest absolute Gasteiger partial charge is 0.0716 e. The van der Waals surface area contributed by atoms with Gasteiger partial charge in [-0.2, -0.15) is 0 Å². The Labute approximate surface area is 61.4 Å². The third kappa shape index (κ3) is 1.94. The molecule has 0 bridgehead atoms. The molecule has 0 amide bonds. The second-order valence-corrected chi connectivity index (χ2v) is 2.73. The van der Waals surface area contributed by atoms with Crippen molar-refractivity contribution in [2.24, 2.45) is 0 Å². The highest BCUT2D eigenvalue weighted by Gasteiger charge is 2.21. The van der Waals surface area contributed by atoms with Crippen LogP contribution in [0.2, 0.25) is 0 Å². The predicted octanol–water partition coefficient (Wildman–Crippen LogP) is -0.254. The highest BCUT2D eigenvalue weighted by atomic mass is 16.5. The molecule has 2 atom stereocenters. The average molecular weight is 145 g/mol. The zero-order chi connectivity index (χ0) is 7.40. The van der Waals surface area contributed by atoms with E-state index in [-0.39, 0.29) is 12.1 Å². The topological polar surface area (TPSA) is 41.5 Å². The molecule has 1 aliphatic heterocycles. The van der Waals surface area contributed by atoms with Crippen molar-refractivity contribution in [3.8, 4) is 0 Å². The molecule has 3 heteroatoms. The molecule has 1 saturated heterocycles. The Kier molecular flexibility index (Phi) is 3.12. The number of aliphatic hydroxyl groups is 1. The van der Waals surface area contributed by atoms with E-state index in [1.54, 1.807) is 7.11 Å². The van der Waals surface area contributed by atoms with E-state index in [2.05, 4.69) is 5.32 Å². The fourth-order valence-electron chi connectivity index (χ4n) is 1.29. The van der Waals surface area contributed by atoms with Gasteiger partial charge in [0.05, 0.1) is 18.8 Å². The molecule has 1 heterocycles. The molecule has 1 aliphatic rings.